The van der Waals surface area contributed by atoms with Crippen molar-refractivity contribution in [2.75, 3.05) is 6.61 Å². The second-order valence-electron chi connectivity index (χ2n) is 4.22. The number of ether oxygens (including phenoxy) is 1. The second-order valence-corrected chi connectivity index (χ2v) is 4.22. The molecule has 0 aliphatic carbocycles. The van der Waals surface area contributed by atoms with Gasteiger partial charge in [0.1, 0.15) is 0 Å². The molecule has 3 atom stereocenters. The smallest absolute Gasteiger partial charge is 0.0726 e. The molecule has 0 aromatic carbocycles. The highest BCUT2D eigenvalue weighted by molar-refractivity contribution is 5.08. The Morgan fingerprint density at radius 2 is 2.36 bits per heavy atom. The molecule has 0 bridgehead atoms. The summed E-state index contributed by atoms with van der Waals surface area (Å²) < 4.78 is 5.56. The van der Waals surface area contributed by atoms with Crippen molar-refractivity contribution in [2.24, 2.45) is 0 Å². The Balaban J connectivity index is 2.50. The fourth-order valence-corrected chi connectivity index (χ4v) is 1.81. The SMILES string of the molecule is CCC#CC(C)NC1(C)CCOC1C. The quantitative estimate of drug-likeness (QED) is 0.680. The lowest BCUT2D eigenvalue weighted by molar-refractivity contribution is 0.0872. The molecule has 0 spiro atoms. The van der Waals surface area contributed by atoms with Gasteiger partial charge in [-0.3, -0.25) is 5.32 Å². The van der Waals surface area contributed by atoms with Gasteiger partial charge in [-0.2, -0.15) is 0 Å². The van der Waals surface area contributed by atoms with E-state index < -0.39 is 0 Å². The molecule has 0 radical (unpaired) electrons. The van der Waals surface area contributed by atoms with E-state index in [1.165, 1.54) is 0 Å². The van der Waals surface area contributed by atoms with E-state index in [0.29, 0.717) is 0 Å². The van der Waals surface area contributed by atoms with E-state index >= 15 is 0 Å². The molecule has 1 N–H and O–H groups in total. The molecule has 0 saturated carbocycles. The number of hydrogen-bond donors (Lipinski definition) is 1. The van der Waals surface area contributed by atoms with Crippen LogP contribution in [0.25, 0.3) is 0 Å². The molecule has 1 rings (SSSR count). The highest BCUT2D eigenvalue weighted by Gasteiger charge is 2.37. The van der Waals surface area contributed by atoms with Crippen LogP contribution in [0.1, 0.15) is 40.5 Å². The third kappa shape index (κ3) is 2.73. The normalized spacial score (nSPS) is 33.6. The Morgan fingerprint density at radius 1 is 1.64 bits per heavy atom. The van der Waals surface area contributed by atoms with Crippen LogP contribution in [0.3, 0.4) is 0 Å². The maximum absolute atomic E-state index is 5.56. The average molecular weight is 195 g/mol. The molecular weight excluding hydrogens is 174 g/mol. The van der Waals surface area contributed by atoms with E-state index in [1.807, 2.05) is 0 Å². The van der Waals surface area contributed by atoms with E-state index in [-0.39, 0.29) is 17.7 Å². The minimum atomic E-state index is 0.0990. The maximum Gasteiger partial charge on any atom is 0.0726 e. The van der Waals surface area contributed by atoms with Gasteiger partial charge in [-0.1, -0.05) is 12.8 Å². The van der Waals surface area contributed by atoms with Crippen molar-refractivity contribution in [1.82, 2.24) is 5.32 Å². The monoisotopic (exact) mass is 195 g/mol. The Morgan fingerprint density at radius 3 is 2.86 bits per heavy atom. The molecule has 0 aromatic rings. The van der Waals surface area contributed by atoms with Gasteiger partial charge in [-0.25, -0.2) is 0 Å². The zero-order valence-electron chi connectivity index (χ0n) is 9.68. The van der Waals surface area contributed by atoms with Crippen LogP contribution < -0.4 is 5.32 Å². The van der Waals surface area contributed by atoms with Crippen LogP contribution in [0, 0.1) is 11.8 Å². The third-order valence-electron chi connectivity index (χ3n) is 2.93. The molecule has 1 heterocycles. The average Bonchev–Trinajstić information content (AvgIpc) is 2.43. The Kier molecular flexibility index (Phi) is 3.97. The topological polar surface area (TPSA) is 21.3 Å². The van der Waals surface area contributed by atoms with Crippen LogP contribution in [-0.4, -0.2) is 24.3 Å². The lowest BCUT2D eigenvalue weighted by Gasteiger charge is -2.30. The Hall–Kier alpha value is -0.520. The van der Waals surface area contributed by atoms with Crippen molar-refractivity contribution < 1.29 is 4.74 Å². The Bertz CT molecular complexity index is 240. The summed E-state index contributed by atoms with van der Waals surface area (Å²) in [6.45, 7) is 9.38. The van der Waals surface area contributed by atoms with Crippen LogP contribution >= 0.6 is 0 Å². The summed E-state index contributed by atoms with van der Waals surface area (Å²) in [6, 6.07) is 0.254. The molecule has 1 aliphatic rings. The van der Waals surface area contributed by atoms with Crippen molar-refractivity contribution >= 4 is 0 Å². The van der Waals surface area contributed by atoms with Crippen molar-refractivity contribution in [2.45, 2.75) is 58.2 Å². The summed E-state index contributed by atoms with van der Waals surface area (Å²) in [4.78, 5) is 0. The molecule has 80 valence electrons. The second kappa shape index (κ2) is 4.82. The standard InChI is InChI=1S/C12H21NO/c1-5-6-7-10(2)13-12(4)8-9-14-11(12)3/h10-11,13H,5,8-9H2,1-4H3. The third-order valence-corrected chi connectivity index (χ3v) is 2.93. The number of hydrogen-bond acceptors (Lipinski definition) is 2. The fraction of sp³-hybridized carbons (Fsp3) is 0.833. The molecule has 1 fully saturated rings. The number of nitrogens with one attached hydrogen (secondary N) is 1. The largest absolute Gasteiger partial charge is 0.377 e. The summed E-state index contributed by atoms with van der Waals surface area (Å²) in [5.41, 5.74) is 0.0990. The lowest BCUT2D eigenvalue weighted by atomic mass is 9.94. The minimum absolute atomic E-state index is 0.0990. The van der Waals surface area contributed by atoms with E-state index in [9.17, 15) is 0 Å². The van der Waals surface area contributed by atoms with Gasteiger partial charge in [-0.05, 0) is 27.2 Å². The van der Waals surface area contributed by atoms with Crippen molar-refractivity contribution in [3.05, 3.63) is 0 Å². The molecular formula is C12H21NO. The van der Waals surface area contributed by atoms with Gasteiger partial charge in [0.05, 0.1) is 12.1 Å². The lowest BCUT2D eigenvalue weighted by Crippen LogP contribution is -2.51. The van der Waals surface area contributed by atoms with Gasteiger partial charge >= 0.3 is 0 Å². The molecule has 14 heavy (non-hydrogen) atoms. The van der Waals surface area contributed by atoms with Crippen LogP contribution in [0.15, 0.2) is 0 Å². The van der Waals surface area contributed by atoms with E-state index in [2.05, 4.69) is 44.9 Å². The van der Waals surface area contributed by atoms with E-state index in [0.717, 1.165) is 19.4 Å². The zero-order chi connectivity index (χ0) is 10.6. The zero-order valence-corrected chi connectivity index (χ0v) is 9.68. The van der Waals surface area contributed by atoms with Gasteiger partial charge in [0, 0.05) is 18.6 Å². The first-order valence-corrected chi connectivity index (χ1v) is 5.46. The van der Waals surface area contributed by atoms with Gasteiger partial charge in [0.15, 0.2) is 0 Å². The highest BCUT2D eigenvalue weighted by atomic mass is 16.5. The first kappa shape index (κ1) is 11.6. The summed E-state index contributed by atoms with van der Waals surface area (Å²) in [5.74, 6) is 6.29. The predicted molar refractivity (Wildman–Crippen MR) is 59.1 cm³/mol. The highest BCUT2D eigenvalue weighted by Crippen LogP contribution is 2.25. The summed E-state index contributed by atoms with van der Waals surface area (Å²) in [7, 11) is 0. The van der Waals surface area contributed by atoms with E-state index in [1.54, 1.807) is 0 Å². The van der Waals surface area contributed by atoms with Crippen molar-refractivity contribution in [3.63, 3.8) is 0 Å². The molecule has 2 heteroatoms. The van der Waals surface area contributed by atoms with E-state index in [4.69, 9.17) is 4.74 Å². The molecule has 0 aromatic heterocycles. The van der Waals surface area contributed by atoms with Crippen LogP contribution in [0.4, 0.5) is 0 Å². The fourth-order valence-electron chi connectivity index (χ4n) is 1.81. The van der Waals surface area contributed by atoms with Gasteiger partial charge < -0.3 is 4.74 Å². The van der Waals surface area contributed by atoms with Gasteiger partial charge in [0.2, 0.25) is 0 Å². The molecule has 0 amide bonds. The molecule has 1 saturated heterocycles. The molecule has 1 aliphatic heterocycles. The van der Waals surface area contributed by atoms with Crippen molar-refractivity contribution in [1.29, 1.82) is 0 Å². The first-order valence-electron chi connectivity index (χ1n) is 5.46. The summed E-state index contributed by atoms with van der Waals surface area (Å²) in [6.07, 6.45) is 2.29. The molecule has 2 nitrogen and oxygen atoms in total. The maximum atomic E-state index is 5.56. The van der Waals surface area contributed by atoms with Crippen LogP contribution in [0.5, 0.6) is 0 Å². The van der Waals surface area contributed by atoms with Gasteiger partial charge in [0.25, 0.3) is 0 Å². The first-order chi connectivity index (χ1) is 6.58. The van der Waals surface area contributed by atoms with Crippen molar-refractivity contribution in [3.8, 4) is 11.8 Å². The van der Waals surface area contributed by atoms with Crippen LogP contribution in [-0.2, 0) is 4.74 Å². The van der Waals surface area contributed by atoms with Crippen LogP contribution in [0.2, 0.25) is 0 Å². The minimum Gasteiger partial charge on any atom is -0.377 e. The number of rotatable bonds is 2. The molecule has 3 unspecified atom stereocenters. The van der Waals surface area contributed by atoms with Gasteiger partial charge in [-0.15, -0.1) is 5.92 Å². The summed E-state index contributed by atoms with van der Waals surface area (Å²) in [5, 5.41) is 3.54. The summed E-state index contributed by atoms with van der Waals surface area (Å²) >= 11 is 0. The predicted octanol–water partition coefficient (Wildman–Crippen LogP) is 1.95. The Labute approximate surface area is 87.4 Å².